The standard InChI is InChI=1S/C19H21N5O5/c1-18(13-6-5-7-14(10-13)24(28)29)16(26)23(17(27)22-18)11-15(25)21-19(12-20)8-3-2-4-9-19/h5-7,10H,2-4,8-9,11H2,1H3,(H,21,25)(H,22,27). The molecule has 1 aromatic carbocycles. The van der Waals surface area contributed by atoms with Crippen molar-refractivity contribution in [1.29, 1.82) is 5.26 Å². The van der Waals surface area contributed by atoms with Crippen molar-refractivity contribution in [1.82, 2.24) is 15.5 Å². The molecule has 2 N–H and O–H groups in total. The smallest absolute Gasteiger partial charge is 0.325 e. The lowest BCUT2D eigenvalue weighted by Crippen LogP contribution is -2.52. The van der Waals surface area contributed by atoms with Gasteiger partial charge >= 0.3 is 6.03 Å². The highest BCUT2D eigenvalue weighted by atomic mass is 16.6. The maximum Gasteiger partial charge on any atom is 0.325 e. The maximum atomic E-state index is 12.9. The van der Waals surface area contributed by atoms with Crippen molar-refractivity contribution >= 4 is 23.5 Å². The van der Waals surface area contributed by atoms with Crippen LogP contribution in [0.5, 0.6) is 0 Å². The van der Waals surface area contributed by atoms with E-state index in [9.17, 15) is 29.8 Å². The summed E-state index contributed by atoms with van der Waals surface area (Å²) in [5.41, 5.74) is -2.47. The van der Waals surface area contributed by atoms with Crippen molar-refractivity contribution < 1.29 is 19.3 Å². The number of carbonyl (C=O) groups is 3. The number of nitriles is 1. The summed E-state index contributed by atoms with van der Waals surface area (Å²) in [6.07, 6.45) is 3.69. The molecule has 2 fully saturated rings. The van der Waals surface area contributed by atoms with E-state index in [1.165, 1.54) is 31.2 Å². The number of hydrogen-bond donors (Lipinski definition) is 2. The molecule has 152 valence electrons. The topological polar surface area (TPSA) is 145 Å². The van der Waals surface area contributed by atoms with Gasteiger partial charge in [0.25, 0.3) is 11.6 Å². The monoisotopic (exact) mass is 399 g/mol. The van der Waals surface area contributed by atoms with E-state index in [4.69, 9.17) is 0 Å². The lowest BCUT2D eigenvalue weighted by atomic mass is 9.83. The van der Waals surface area contributed by atoms with Crippen molar-refractivity contribution in [3.8, 4) is 6.07 Å². The predicted molar refractivity (Wildman–Crippen MR) is 100 cm³/mol. The fraction of sp³-hybridized carbons (Fsp3) is 0.474. The number of nitro benzene ring substituents is 1. The normalized spacial score (nSPS) is 23.2. The van der Waals surface area contributed by atoms with E-state index in [2.05, 4.69) is 16.7 Å². The quantitative estimate of drug-likeness (QED) is 0.438. The van der Waals surface area contributed by atoms with Crippen LogP contribution < -0.4 is 10.6 Å². The summed E-state index contributed by atoms with van der Waals surface area (Å²) in [6.45, 7) is 0.903. The molecular formula is C19H21N5O5. The molecular weight excluding hydrogens is 378 g/mol. The average molecular weight is 399 g/mol. The van der Waals surface area contributed by atoms with E-state index < -0.39 is 40.4 Å². The third-order valence-electron chi connectivity index (χ3n) is 5.51. The van der Waals surface area contributed by atoms with Crippen molar-refractivity contribution in [2.75, 3.05) is 6.54 Å². The van der Waals surface area contributed by atoms with Gasteiger partial charge in [0.2, 0.25) is 5.91 Å². The van der Waals surface area contributed by atoms with Crippen LogP contribution >= 0.6 is 0 Å². The minimum Gasteiger partial charge on any atom is -0.336 e. The van der Waals surface area contributed by atoms with E-state index in [1.807, 2.05) is 0 Å². The second-order valence-electron chi connectivity index (χ2n) is 7.56. The molecule has 1 heterocycles. The Kier molecular flexibility index (Phi) is 5.24. The third kappa shape index (κ3) is 3.76. The van der Waals surface area contributed by atoms with E-state index in [1.54, 1.807) is 0 Å². The Morgan fingerprint density at radius 1 is 1.34 bits per heavy atom. The van der Waals surface area contributed by atoms with Crippen LogP contribution in [0.1, 0.15) is 44.6 Å². The lowest BCUT2D eigenvalue weighted by molar-refractivity contribution is -0.385. The van der Waals surface area contributed by atoms with Gasteiger partial charge in [-0.2, -0.15) is 5.26 Å². The zero-order chi connectivity index (χ0) is 21.2. The van der Waals surface area contributed by atoms with E-state index in [0.29, 0.717) is 12.8 Å². The Labute approximate surface area is 167 Å². The Balaban J connectivity index is 1.77. The molecule has 1 aromatic rings. The van der Waals surface area contributed by atoms with Crippen molar-refractivity contribution in [2.45, 2.75) is 50.1 Å². The number of nitro groups is 1. The van der Waals surface area contributed by atoms with Crippen LogP contribution in [0.3, 0.4) is 0 Å². The summed E-state index contributed by atoms with van der Waals surface area (Å²) in [7, 11) is 0. The first-order valence-electron chi connectivity index (χ1n) is 9.32. The molecule has 1 saturated carbocycles. The summed E-state index contributed by atoms with van der Waals surface area (Å²) >= 11 is 0. The van der Waals surface area contributed by atoms with Gasteiger partial charge in [-0.1, -0.05) is 31.4 Å². The van der Waals surface area contributed by atoms with E-state index in [-0.39, 0.29) is 11.3 Å². The number of nitrogens with one attached hydrogen (secondary N) is 2. The number of hydrogen-bond acceptors (Lipinski definition) is 6. The fourth-order valence-corrected chi connectivity index (χ4v) is 3.84. The summed E-state index contributed by atoms with van der Waals surface area (Å²) < 4.78 is 0. The minimum absolute atomic E-state index is 0.213. The number of benzene rings is 1. The Bertz CT molecular complexity index is 918. The Morgan fingerprint density at radius 3 is 2.66 bits per heavy atom. The number of non-ortho nitro benzene ring substituents is 1. The van der Waals surface area contributed by atoms with Gasteiger partial charge in [0.05, 0.1) is 11.0 Å². The third-order valence-corrected chi connectivity index (χ3v) is 5.51. The van der Waals surface area contributed by atoms with Crippen LogP contribution in [0.2, 0.25) is 0 Å². The highest BCUT2D eigenvalue weighted by Crippen LogP contribution is 2.31. The van der Waals surface area contributed by atoms with Crippen LogP contribution in [0.25, 0.3) is 0 Å². The summed E-state index contributed by atoms with van der Waals surface area (Å²) in [4.78, 5) is 49.0. The van der Waals surface area contributed by atoms with E-state index >= 15 is 0 Å². The number of urea groups is 1. The first kappa shape index (κ1) is 20.3. The van der Waals surface area contributed by atoms with Crippen LogP contribution in [-0.4, -0.2) is 39.8 Å². The molecule has 10 nitrogen and oxygen atoms in total. The number of carbonyl (C=O) groups excluding carboxylic acids is 3. The van der Waals surface area contributed by atoms with Crippen molar-refractivity contribution in [2.24, 2.45) is 0 Å². The molecule has 1 aliphatic carbocycles. The molecule has 1 saturated heterocycles. The number of rotatable bonds is 5. The van der Waals surface area contributed by atoms with Gasteiger partial charge in [-0.05, 0) is 25.3 Å². The Morgan fingerprint density at radius 2 is 2.03 bits per heavy atom. The fourth-order valence-electron chi connectivity index (χ4n) is 3.84. The van der Waals surface area contributed by atoms with Gasteiger partial charge in [0.15, 0.2) is 0 Å². The minimum atomic E-state index is -1.53. The summed E-state index contributed by atoms with van der Waals surface area (Å²) in [6, 6.07) is 6.81. The van der Waals surface area contributed by atoms with Gasteiger partial charge in [-0.25, -0.2) is 4.79 Å². The molecule has 10 heteroatoms. The van der Waals surface area contributed by atoms with Crippen LogP contribution in [0.4, 0.5) is 10.5 Å². The van der Waals surface area contributed by atoms with Gasteiger partial charge in [-0.15, -0.1) is 0 Å². The second-order valence-corrected chi connectivity index (χ2v) is 7.56. The highest BCUT2D eigenvalue weighted by molar-refractivity contribution is 6.09. The number of imide groups is 1. The second kappa shape index (κ2) is 7.50. The van der Waals surface area contributed by atoms with Gasteiger partial charge < -0.3 is 10.6 Å². The molecule has 0 aromatic heterocycles. The predicted octanol–water partition coefficient (Wildman–Crippen LogP) is 1.70. The first-order chi connectivity index (χ1) is 13.7. The van der Waals surface area contributed by atoms with Gasteiger partial charge in [-0.3, -0.25) is 24.6 Å². The Hall–Kier alpha value is -3.48. The molecule has 0 spiro atoms. The van der Waals surface area contributed by atoms with Gasteiger partial charge in [0, 0.05) is 12.1 Å². The van der Waals surface area contributed by atoms with E-state index in [0.717, 1.165) is 24.2 Å². The average Bonchev–Trinajstić information content (AvgIpc) is 2.92. The molecule has 1 aliphatic heterocycles. The highest BCUT2D eigenvalue weighted by Gasteiger charge is 2.50. The zero-order valence-corrected chi connectivity index (χ0v) is 15.9. The van der Waals surface area contributed by atoms with Crippen LogP contribution in [0.15, 0.2) is 24.3 Å². The largest absolute Gasteiger partial charge is 0.336 e. The molecule has 3 rings (SSSR count). The molecule has 0 radical (unpaired) electrons. The summed E-state index contributed by atoms with van der Waals surface area (Å²) in [5.74, 6) is -1.28. The molecule has 1 atom stereocenters. The molecule has 0 bridgehead atoms. The molecule has 2 aliphatic rings. The van der Waals surface area contributed by atoms with Crippen molar-refractivity contribution in [3.05, 3.63) is 39.9 Å². The summed E-state index contributed by atoms with van der Waals surface area (Å²) in [5, 5.41) is 25.7. The van der Waals surface area contributed by atoms with Gasteiger partial charge in [0.1, 0.15) is 17.6 Å². The molecule has 1 unspecified atom stereocenters. The molecule has 4 amide bonds. The van der Waals surface area contributed by atoms with Crippen LogP contribution in [0, 0.1) is 21.4 Å². The first-order valence-corrected chi connectivity index (χ1v) is 9.32. The number of nitrogens with zero attached hydrogens (tertiary/aromatic N) is 3. The molecule has 29 heavy (non-hydrogen) atoms. The lowest BCUT2D eigenvalue weighted by Gasteiger charge is -2.32. The van der Waals surface area contributed by atoms with Crippen molar-refractivity contribution in [3.63, 3.8) is 0 Å². The maximum absolute atomic E-state index is 12.9. The zero-order valence-electron chi connectivity index (χ0n) is 15.9. The van der Waals surface area contributed by atoms with Crippen LogP contribution in [-0.2, 0) is 15.1 Å². The SMILES string of the molecule is CC1(c2cccc([N+](=O)[O-])c2)NC(=O)N(CC(=O)NC2(C#N)CCCCC2)C1=O. The number of amides is 4.